The standard InChI is InChI=1S/C25H31N3O3/c1-6-20(26-21-10-8-7-9-17(21)25(30)31)18-13-16(4)14-19-23(18)27-22(12-11-15(2)3)28(5)24(19)29/h7-10,13-15,20,26H,6,11-12H2,1-5H3,(H,30,31). The molecule has 3 aromatic rings. The maximum absolute atomic E-state index is 13.1. The molecule has 1 heterocycles. The van der Waals surface area contributed by atoms with Crippen molar-refractivity contribution in [2.75, 3.05) is 5.32 Å². The number of anilines is 1. The van der Waals surface area contributed by atoms with Crippen molar-refractivity contribution >= 4 is 22.6 Å². The Morgan fingerprint density at radius 3 is 2.58 bits per heavy atom. The van der Waals surface area contributed by atoms with E-state index in [1.807, 2.05) is 32.0 Å². The summed E-state index contributed by atoms with van der Waals surface area (Å²) in [5.41, 5.74) is 3.32. The Morgan fingerprint density at radius 1 is 1.23 bits per heavy atom. The van der Waals surface area contributed by atoms with Crippen molar-refractivity contribution in [3.63, 3.8) is 0 Å². The van der Waals surface area contributed by atoms with Gasteiger partial charge in [-0.25, -0.2) is 9.78 Å². The second-order valence-electron chi connectivity index (χ2n) is 8.53. The quantitative estimate of drug-likeness (QED) is 0.529. The lowest BCUT2D eigenvalue weighted by atomic mass is 9.97. The molecule has 0 aliphatic rings. The summed E-state index contributed by atoms with van der Waals surface area (Å²) < 4.78 is 1.65. The van der Waals surface area contributed by atoms with Crippen molar-refractivity contribution in [1.82, 2.24) is 9.55 Å². The number of carboxylic acid groups (broad SMARTS) is 1. The average molecular weight is 422 g/mol. The minimum Gasteiger partial charge on any atom is -0.478 e. The van der Waals surface area contributed by atoms with Crippen LogP contribution in [0.5, 0.6) is 0 Å². The van der Waals surface area contributed by atoms with Gasteiger partial charge in [0, 0.05) is 24.7 Å². The first kappa shape index (κ1) is 22.5. The Hall–Kier alpha value is -3.15. The number of carbonyl (C=O) groups is 1. The van der Waals surface area contributed by atoms with E-state index in [2.05, 4.69) is 19.2 Å². The van der Waals surface area contributed by atoms with Crippen LogP contribution in [0.2, 0.25) is 0 Å². The Morgan fingerprint density at radius 2 is 1.94 bits per heavy atom. The number of aryl methyl sites for hydroxylation is 2. The molecule has 6 nitrogen and oxygen atoms in total. The predicted molar refractivity (Wildman–Crippen MR) is 125 cm³/mol. The third-order valence-electron chi connectivity index (χ3n) is 5.66. The summed E-state index contributed by atoms with van der Waals surface area (Å²) in [7, 11) is 1.78. The fourth-order valence-corrected chi connectivity index (χ4v) is 3.89. The summed E-state index contributed by atoms with van der Waals surface area (Å²) in [5, 5.41) is 13.5. The highest BCUT2D eigenvalue weighted by atomic mass is 16.4. The summed E-state index contributed by atoms with van der Waals surface area (Å²) in [6, 6.07) is 10.6. The van der Waals surface area contributed by atoms with Crippen LogP contribution in [-0.2, 0) is 13.5 Å². The average Bonchev–Trinajstić information content (AvgIpc) is 2.73. The molecule has 0 aliphatic heterocycles. The van der Waals surface area contributed by atoms with E-state index >= 15 is 0 Å². The van der Waals surface area contributed by atoms with E-state index in [9.17, 15) is 14.7 Å². The minimum atomic E-state index is -0.977. The lowest BCUT2D eigenvalue weighted by molar-refractivity contribution is 0.0698. The smallest absolute Gasteiger partial charge is 0.337 e. The van der Waals surface area contributed by atoms with E-state index < -0.39 is 5.97 Å². The largest absolute Gasteiger partial charge is 0.478 e. The van der Waals surface area contributed by atoms with Crippen LogP contribution in [0.3, 0.4) is 0 Å². The van der Waals surface area contributed by atoms with Crippen molar-refractivity contribution in [3.8, 4) is 0 Å². The maximum atomic E-state index is 13.1. The van der Waals surface area contributed by atoms with Crippen LogP contribution in [0.15, 0.2) is 41.2 Å². The minimum absolute atomic E-state index is 0.0468. The maximum Gasteiger partial charge on any atom is 0.337 e. The van der Waals surface area contributed by atoms with Gasteiger partial charge in [-0.3, -0.25) is 9.36 Å². The molecule has 164 valence electrons. The summed E-state index contributed by atoms with van der Waals surface area (Å²) in [6.45, 7) is 8.32. The van der Waals surface area contributed by atoms with Gasteiger partial charge in [0.1, 0.15) is 5.82 Å². The normalized spacial score (nSPS) is 12.3. The van der Waals surface area contributed by atoms with Crippen LogP contribution in [0.25, 0.3) is 10.9 Å². The molecule has 2 aromatic carbocycles. The van der Waals surface area contributed by atoms with Crippen LogP contribution in [0.4, 0.5) is 5.69 Å². The summed E-state index contributed by atoms with van der Waals surface area (Å²) >= 11 is 0. The monoisotopic (exact) mass is 421 g/mol. The van der Waals surface area contributed by atoms with Gasteiger partial charge in [0.25, 0.3) is 5.56 Å². The van der Waals surface area contributed by atoms with Crippen molar-refractivity contribution < 1.29 is 9.90 Å². The number of para-hydroxylation sites is 1. The van der Waals surface area contributed by atoms with Gasteiger partial charge in [0.05, 0.1) is 22.5 Å². The Balaban J connectivity index is 2.15. The van der Waals surface area contributed by atoms with Gasteiger partial charge in [-0.2, -0.15) is 0 Å². The molecule has 0 spiro atoms. The topological polar surface area (TPSA) is 84.2 Å². The van der Waals surface area contributed by atoms with Gasteiger partial charge in [-0.05, 0) is 49.4 Å². The molecule has 1 aromatic heterocycles. The van der Waals surface area contributed by atoms with E-state index in [-0.39, 0.29) is 17.2 Å². The van der Waals surface area contributed by atoms with E-state index in [4.69, 9.17) is 4.98 Å². The van der Waals surface area contributed by atoms with Gasteiger partial charge < -0.3 is 10.4 Å². The Labute approximate surface area is 183 Å². The highest BCUT2D eigenvalue weighted by Crippen LogP contribution is 2.30. The fourth-order valence-electron chi connectivity index (χ4n) is 3.89. The molecule has 0 aliphatic carbocycles. The van der Waals surface area contributed by atoms with E-state index in [1.54, 1.807) is 29.8 Å². The van der Waals surface area contributed by atoms with Crippen LogP contribution in [0, 0.1) is 12.8 Å². The number of aromatic nitrogens is 2. The van der Waals surface area contributed by atoms with Crippen LogP contribution >= 0.6 is 0 Å². The molecule has 1 atom stereocenters. The van der Waals surface area contributed by atoms with Crippen molar-refractivity contribution in [3.05, 3.63) is 69.3 Å². The van der Waals surface area contributed by atoms with Crippen LogP contribution in [0.1, 0.15) is 67.0 Å². The van der Waals surface area contributed by atoms with E-state index in [0.29, 0.717) is 28.9 Å². The number of nitrogens with zero attached hydrogens (tertiary/aromatic N) is 2. The summed E-state index contributed by atoms with van der Waals surface area (Å²) in [6.07, 6.45) is 2.40. The number of hydrogen-bond acceptors (Lipinski definition) is 4. The summed E-state index contributed by atoms with van der Waals surface area (Å²) in [5.74, 6) is 0.315. The molecule has 0 bridgehead atoms. The van der Waals surface area contributed by atoms with Gasteiger partial charge in [-0.15, -0.1) is 0 Å². The van der Waals surface area contributed by atoms with Crippen molar-refractivity contribution in [1.29, 1.82) is 0 Å². The first-order valence-corrected chi connectivity index (χ1v) is 10.8. The zero-order valence-electron chi connectivity index (χ0n) is 18.9. The van der Waals surface area contributed by atoms with Crippen molar-refractivity contribution in [2.24, 2.45) is 13.0 Å². The predicted octanol–water partition coefficient (Wildman–Crippen LogP) is 5.09. The molecule has 0 saturated carbocycles. The number of rotatable bonds is 8. The number of aromatic carboxylic acids is 1. The zero-order chi connectivity index (χ0) is 22.7. The lowest BCUT2D eigenvalue weighted by Gasteiger charge is -2.22. The van der Waals surface area contributed by atoms with Crippen LogP contribution < -0.4 is 10.9 Å². The zero-order valence-corrected chi connectivity index (χ0v) is 18.9. The number of nitrogens with one attached hydrogen (secondary N) is 1. The highest BCUT2D eigenvalue weighted by molar-refractivity contribution is 5.94. The number of hydrogen-bond donors (Lipinski definition) is 2. The Bertz CT molecular complexity index is 1160. The molecule has 0 amide bonds. The van der Waals surface area contributed by atoms with E-state index in [1.165, 1.54) is 0 Å². The lowest BCUT2D eigenvalue weighted by Crippen LogP contribution is -2.24. The van der Waals surface area contributed by atoms with E-state index in [0.717, 1.165) is 29.8 Å². The first-order valence-electron chi connectivity index (χ1n) is 10.8. The van der Waals surface area contributed by atoms with Gasteiger partial charge in [0.15, 0.2) is 0 Å². The second-order valence-corrected chi connectivity index (χ2v) is 8.53. The molecule has 0 saturated heterocycles. The molecule has 0 fully saturated rings. The van der Waals surface area contributed by atoms with Gasteiger partial charge in [-0.1, -0.05) is 39.0 Å². The molecule has 3 rings (SSSR count). The summed E-state index contributed by atoms with van der Waals surface area (Å²) in [4.78, 5) is 29.7. The fraction of sp³-hybridized carbons (Fsp3) is 0.400. The third kappa shape index (κ3) is 4.79. The second kappa shape index (κ2) is 9.33. The van der Waals surface area contributed by atoms with Crippen molar-refractivity contribution in [2.45, 2.75) is 53.0 Å². The molecular weight excluding hydrogens is 390 g/mol. The Kier molecular flexibility index (Phi) is 6.78. The molecule has 6 heteroatoms. The molecule has 2 N–H and O–H groups in total. The molecule has 1 unspecified atom stereocenters. The number of fused-ring (bicyclic) bond motifs is 1. The molecule has 0 radical (unpaired) electrons. The SMILES string of the molecule is CCC(Nc1ccccc1C(=O)O)c1cc(C)cc2c(=O)n(C)c(CCC(C)C)nc12. The van der Waals surface area contributed by atoms with Crippen LogP contribution in [-0.4, -0.2) is 20.6 Å². The highest BCUT2D eigenvalue weighted by Gasteiger charge is 2.20. The van der Waals surface area contributed by atoms with Gasteiger partial charge >= 0.3 is 5.97 Å². The van der Waals surface area contributed by atoms with Gasteiger partial charge in [0.2, 0.25) is 0 Å². The molecule has 31 heavy (non-hydrogen) atoms. The number of benzene rings is 2. The number of carboxylic acids is 1. The molecular formula is C25H31N3O3. The first-order chi connectivity index (χ1) is 14.7. The third-order valence-corrected chi connectivity index (χ3v) is 5.66.